The first-order valence-electron chi connectivity index (χ1n) is 36.1. The molecule has 0 radical (unpaired) electrons. The van der Waals surface area contributed by atoms with Crippen molar-refractivity contribution in [1.29, 1.82) is 0 Å². The highest BCUT2D eigenvalue weighted by atomic mass is 32.2. The van der Waals surface area contributed by atoms with Gasteiger partial charge in [0.1, 0.15) is 59.1 Å². The van der Waals surface area contributed by atoms with Crippen LogP contribution in [-0.2, 0) is 86.0 Å². The smallest absolute Gasteiger partial charge is 0.349 e. The van der Waals surface area contributed by atoms with Crippen LogP contribution in [0.2, 0.25) is 0 Å². The minimum Gasteiger partial charge on any atom is -0.481 e. The Hall–Kier alpha value is -7.24. The van der Waals surface area contributed by atoms with Gasteiger partial charge in [0, 0.05) is 126 Å². The predicted molar refractivity (Wildman–Crippen MR) is 395 cm³/mol. The maximum Gasteiger partial charge on any atom is 0.349 e. The van der Waals surface area contributed by atoms with Crippen LogP contribution in [-0.4, -0.2) is 244 Å². The number of halogens is 4. The minimum atomic E-state index is -3.74. The molecule has 616 valence electrons. The molecule has 4 aliphatic rings. The van der Waals surface area contributed by atoms with Gasteiger partial charge in [-0.1, -0.05) is 13.8 Å². The average molecular weight is 1640 g/mol. The van der Waals surface area contributed by atoms with Crippen molar-refractivity contribution in [2.75, 3.05) is 100 Å². The topological polar surface area (TPSA) is 487 Å². The first-order chi connectivity index (χ1) is 52.1. The summed E-state index contributed by atoms with van der Waals surface area (Å²) in [6, 6.07) is -1.16. The number of aliphatic hydroxyl groups excluding tert-OH is 2. The summed E-state index contributed by atoms with van der Waals surface area (Å²) < 4.78 is 90.8. The Morgan fingerprint density at radius 3 is 1.22 bits per heavy atom. The zero-order chi connectivity index (χ0) is 81.4. The highest BCUT2D eigenvalue weighted by Gasteiger charge is 2.59. The van der Waals surface area contributed by atoms with Crippen LogP contribution in [0.4, 0.5) is 29.2 Å². The number of esters is 4. The molecule has 8 unspecified atom stereocenters. The number of nitrogens with one attached hydrogen (secondary N) is 2. The van der Waals surface area contributed by atoms with E-state index >= 15 is 0 Å². The van der Waals surface area contributed by atoms with Crippen molar-refractivity contribution in [3.63, 3.8) is 0 Å². The number of nitrogens with two attached hydrogens (primary N) is 2. The third-order valence-electron chi connectivity index (χ3n) is 18.8. The summed E-state index contributed by atoms with van der Waals surface area (Å²) in [6.07, 6.45) is 1.39. The number of hydrogen-bond donors (Lipinski definition) is 8. The molecule has 4 fully saturated rings. The molecule has 0 spiro atoms. The fourth-order valence-electron chi connectivity index (χ4n) is 11.7. The van der Waals surface area contributed by atoms with Crippen LogP contribution in [0.15, 0.2) is 34.1 Å². The number of aliphatic hydroxyl groups is 2. The third kappa shape index (κ3) is 30.7. The molecular weight excluding hydrogens is 1540 g/mol. The molecule has 4 aliphatic carbocycles. The van der Waals surface area contributed by atoms with Gasteiger partial charge < -0.3 is 70.9 Å². The van der Waals surface area contributed by atoms with Gasteiger partial charge in [-0.25, -0.2) is 36.7 Å². The molecule has 0 aromatic carbocycles. The van der Waals surface area contributed by atoms with Crippen molar-refractivity contribution in [3.8, 4) is 0 Å². The molecule has 0 aliphatic heterocycles. The number of alkyl halides is 4. The van der Waals surface area contributed by atoms with Crippen LogP contribution in [0.5, 0.6) is 0 Å². The van der Waals surface area contributed by atoms with Crippen LogP contribution in [0.25, 0.3) is 0 Å². The van der Waals surface area contributed by atoms with Gasteiger partial charge in [0.05, 0.1) is 70.2 Å². The van der Waals surface area contributed by atoms with Crippen molar-refractivity contribution in [3.05, 3.63) is 45.5 Å². The average Bonchev–Trinajstić information content (AvgIpc) is 1.62. The number of Topliss-reactive ketones (excluding diaryl/α,β-unsaturated/α-hetero) is 4. The number of nitrogen functional groups attached to an aromatic ring is 2. The second-order valence-corrected chi connectivity index (χ2v) is 32.2. The highest BCUT2D eigenvalue weighted by Crippen LogP contribution is 2.49. The van der Waals surface area contributed by atoms with Gasteiger partial charge in [-0.15, -0.1) is 0 Å². The molecule has 2 aromatic heterocycles. The summed E-state index contributed by atoms with van der Waals surface area (Å²) in [7, 11) is 0. The number of carboxylic acids is 2. The number of anilines is 2. The number of aliphatic carboxylic acids is 2. The molecule has 40 heteroatoms. The van der Waals surface area contributed by atoms with E-state index < -0.39 is 158 Å². The van der Waals surface area contributed by atoms with Crippen LogP contribution in [0.3, 0.4) is 0 Å². The van der Waals surface area contributed by atoms with E-state index in [-0.39, 0.29) is 164 Å². The van der Waals surface area contributed by atoms with E-state index in [1.54, 1.807) is 35.3 Å². The summed E-state index contributed by atoms with van der Waals surface area (Å²) in [6.45, 7) is 4.09. The molecule has 2 heterocycles. The Kier molecular flexibility index (Phi) is 39.6. The number of ether oxygens (including phenoxy) is 6. The quantitative estimate of drug-likeness (QED) is 0.0200. The van der Waals surface area contributed by atoms with Crippen LogP contribution < -0.4 is 33.5 Å². The van der Waals surface area contributed by atoms with Crippen molar-refractivity contribution in [2.45, 2.75) is 188 Å². The van der Waals surface area contributed by atoms with Gasteiger partial charge >= 0.3 is 47.2 Å². The molecule has 6 rings (SSSR count). The van der Waals surface area contributed by atoms with Gasteiger partial charge in [-0.2, -0.15) is 57.0 Å². The fraction of sp³-hybridized carbons (Fsp3) is 0.714. The molecule has 32 nitrogen and oxygen atoms in total. The lowest BCUT2D eigenvalue weighted by Crippen LogP contribution is -2.41. The first-order valence-corrected chi connectivity index (χ1v) is 40.3. The number of rotatable bonds is 50. The Bertz CT molecular complexity index is 3590. The largest absolute Gasteiger partial charge is 0.481 e. The van der Waals surface area contributed by atoms with Gasteiger partial charge in [-0.05, 0) is 77.3 Å². The lowest BCUT2D eigenvalue weighted by Gasteiger charge is -2.36. The second-order valence-electron chi connectivity index (χ2n) is 27.2. The van der Waals surface area contributed by atoms with E-state index in [0.29, 0.717) is 39.2 Å². The molecule has 0 saturated heterocycles. The number of hydrogen-bond acceptors (Lipinski definition) is 30. The summed E-state index contributed by atoms with van der Waals surface area (Å²) in [5, 5.41) is 45.5. The number of thioether (sulfide) groups is 4. The van der Waals surface area contributed by atoms with Gasteiger partial charge in [-0.3, -0.25) is 57.1 Å². The predicted octanol–water partition coefficient (Wildman–Crippen LogP) is 4.09. The number of amides is 2. The minimum absolute atomic E-state index is 0.0131. The second kappa shape index (κ2) is 46.7. The monoisotopic (exact) mass is 1640 g/mol. The SMILES string of the molecule is CCC(CSC1CCC1SCC(CC(=O)CCOCCC(C)=O)C(=O)NCCC(=O)OCC(=O)OC[C@@H]1C[C@H](n2ccc(N)nc2=O)C(F)(F)[C@H]1O)C(=O)O.CCC(CSC1CCC1SCC(CC(=O)CCOCCC(C)=O)C(=O)O)C(=O)NCCC(=O)OCC(=O)OC[C@@H]1C[C@H](n2ccc(N)nc2=O)C(F)(F)[C@H]1O. The molecule has 110 heavy (non-hydrogen) atoms. The number of aromatic nitrogens is 4. The first kappa shape index (κ1) is 93.4. The van der Waals surface area contributed by atoms with Crippen LogP contribution in [0, 0.1) is 35.5 Å². The standard InChI is InChI=1S/2C35H50F2N4O12S2/c1-3-21(33(48)49)18-54-25-4-5-26(25)55-19-23(14-24(43)9-13-51-12-8-20(2)42)32(47)39-10-6-29(44)53-17-30(45)52-16-22-15-27(35(36,37)31(22)46)41-11-7-28(38)40-34(41)50;1-3-21(18-54-25-4-5-26(25)55-19-23(33(48)49)14-24(43)9-13-51-12-8-20(2)42)32(47)39-10-6-29(44)53-17-30(45)52-16-22-15-27(35(36,37)31(22)46)41-11-7-28(38)40-34(41)50/h2*7,11,21-23,25-27,31,46H,3-6,8-10,12-19H2,1-2H3,(H,39,47)(H,48,49)(H2,38,40,50)/t2*21?,22-,23?,25?,26?,27-,31-/m00/s1. The maximum atomic E-state index is 14.8. The maximum absolute atomic E-state index is 14.8. The molecular formula is C70H100F4N8O24S4. The third-order valence-corrected chi connectivity index (χ3v) is 25.5. The van der Waals surface area contributed by atoms with Crippen molar-refractivity contribution in [1.82, 2.24) is 29.7 Å². The molecule has 2 amide bonds. The molecule has 14 atom stereocenters. The van der Waals surface area contributed by atoms with Crippen LogP contribution in [0.1, 0.15) is 143 Å². The van der Waals surface area contributed by atoms with Gasteiger partial charge in [0.15, 0.2) is 13.2 Å². The van der Waals surface area contributed by atoms with Crippen molar-refractivity contribution >= 4 is 129 Å². The molecule has 2 aromatic rings. The van der Waals surface area contributed by atoms with E-state index in [1.165, 1.54) is 31.7 Å². The van der Waals surface area contributed by atoms with E-state index in [2.05, 4.69) is 20.6 Å². The van der Waals surface area contributed by atoms with Crippen LogP contribution >= 0.6 is 47.0 Å². The van der Waals surface area contributed by atoms with E-state index in [0.717, 1.165) is 44.1 Å². The van der Waals surface area contributed by atoms with Gasteiger partial charge in [0.2, 0.25) is 11.8 Å². The Labute approximate surface area is 648 Å². The molecule has 0 bridgehead atoms. The van der Waals surface area contributed by atoms with E-state index in [1.807, 2.05) is 13.8 Å². The zero-order valence-corrected chi connectivity index (χ0v) is 64.9. The van der Waals surface area contributed by atoms with Crippen molar-refractivity contribution in [2.24, 2.45) is 35.5 Å². The zero-order valence-electron chi connectivity index (χ0n) is 61.6. The number of ketones is 4. The summed E-state index contributed by atoms with van der Waals surface area (Å²) in [4.78, 5) is 176. The lowest BCUT2D eigenvalue weighted by molar-refractivity contribution is -0.162. The number of carbonyl (C=O) groups excluding carboxylic acids is 10. The van der Waals surface area contributed by atoms with Crippen molar-refractivity contribution < 1.29 is 124 Å². The Balaban J connectivity index is 0.000000394. The number of carbonyl (C=O) groups is 12. The highest BCUT2D eigenvalue weighted by molar-refractivity contribution is 8.04. The molecule has 10 N–H and O–H groups in total. The normalized spacial score (nSPS) is 22.5. The van der Waals surface area contributed by atoms with E-state index in [9.17, 15) is 105 Å². The summed E-state index contributed by atoms with van der Waals surface area (Å²) >= 11 is 6.30. The summed E-state index contributed by atoms with van der Waals surface area (Å²) in [5.74, 6) is -17.8. The fourth-order valence-corrected chi connectivity index (χ4v) is 18.5. The molecule has 4 saturated carbocycles. The summed E-state index contributed by atoms with van der Waals surface area (Å²) in [5.41, 5.74) is 8.79. The number of nitrogens with zero attached hydrogens (tertiary/aromatic N) is 4. The number of carboxylic acid groups (broad SMARTS) is 2. The Morgan fingerprint density at radius 2 is 0.864 bits per heavy atom. The van der Waals surface area contributed by atoms with Gasteiger partial charge in [0.25, 0.3) is 11.8 Å². The Morgan fingerprint density at radius 1 is 0.518 bits per heavy atom. The lowest BCUT2D eigenvalue weighted by atomic mass is 9.99. The van der Waals surface area contributed by atoms with E-state index in [4.69, 9.17) is 39.9 Å².